The van der Waals surface area contributed by atoms with Gasteiger partial charge in [-0.3, -0.25) is 4.84 Å². The average molecular weight is 223 g/mol. The van der Waals surface area contributed by atoms with Crippen molar-refractivity contribution < 1.29 is 14.3 Å². The third kappa shape index (κ3) is 2.35. The highest BCUT2D eigenvalue weighted by atomic mass is 16.6. The molecule has 0 spiro atoms. The molecule has 1 aromatic carbocycles. The smallest absolute Gasteiger partial charge is 0.124 e. The molecule has 0 aliphatic carbocycles. The van der Waals surface area contributed by atoms with Crippen LogP contribution in [0.4, 0.5) is 0 Å². The number of hydrogen-bond donors (Lipinski definition) is 1. The highest BCUT2D eigenvalue weighted by Crippen LogP contribution is 2.29. The quantitative estimate of drug-likeness (QED) is 0.787. The van der Waals surface area contributed by atoms with Crippen LogP contribution in [0, 0.1) is 0 Å². The zero-order chi connectivity index (χ0) is 11.4. The normalized spacial score (nSPS) is 20.0. The van der Waals surface area contributed by atoms with Crippen LogP contribution in [-0.2, 0) is 16.2 Å². The molecule has 0 amide bonds. The Bertz CT molecular complexity index is 348. The third-order valence-corrected chi connectivity index (χ3v) is 2.94. The molecule has 1 unspecified atom stereocenters. The molecule has 1 aromatic rings. The largest absolute Gasteiger partial charge is 0.496 e. The summed E-state index contributed by atoms with van der Waals surface area (Å²) in [7, 11) is 1.65. The van der Waals surface area contributed by atoms with Crippen LogP contribution in [0.3, 0.4) is 0 Å². The minimum atomic E-state index is 0.366. The molecule has 1 saturated heterocycles. The van der Waals surface area contributed by atoms with E-state index in [1.54, 1.807) is 7.11 Å². The Hall–Kier alpha value is -1.10. The molecule has 0 saturated carbocycles. The van der Waals surface area contributed by atoms with Gasteiger partial charge in [-0.05, 0) is 24.1 Å². The monoisotopic (exact) mass is 223 g/mol. The summed E-state index contributed by atoms with van der Waals surface area (Å²) in [5, 5.41) is 0. The molecule has 1 heterocycles. The van der Waals surface area contributed by atoms with Gasteiger partial charge in [0.25, 0.3) is 0 Å². The van der Waals surface area contributed by atoms with E-state index in [9.17, 15) is 0 Å². The van der Waals surface area contributed by atoms with Gasteiger partial charge < -0.3 is 9.47 Å². The first kappa shape index (κ1) is 11.4. The second-order valence-electron chi connectivity index (χ2n) is 3.94. The topological polar surface area (TPSA) is 53.7 Å². The van der Waals surface area contributed by atoms with Crippen LogP contribution in [0.15, 0.2) is 18.2 Å². The van der Waals surface area contributed by atoms with Gasteiger partial charge in [0, 0.05) is 18.1 Å². The minimum absolute atomic E-state index is 0.366. The van der Waals surface area contributed by atoms with Crippen LogP contribution in [0.25, 0.3) is 0 Å². The van der Waals surface area contributed by atoms with E-state index in [0.717, 1.165) is 30.9 Å². The Balaban J connectivity index is 2.23. The van der Waals surface area contributed by atoms with Crippen molar-refractivity contribution in [2.75, 3.05) is 20.3 Å². The molecule has 1 atom stereocenters. The second-order valence-corrected chi connectivity index (χ2v) is 3.94. The highest BCUT2D eigenvalue weighted by Gasteiger charge is 2.18. The van der Waals surface area contributed by atoms with Crippen LogP contribution >= 0.6 is 0 Å². The van der Waals surface area contributed by atoms with Crippen LogP contribution < -0.4 is 10.6 Å². The highest BCUT2D eigenvalue weighted by molar-refractivity contribution is 5.38. The molecule has 4 heteroatoms. The van der Waals surface area contributed by atoms with Crippen molar-refractivity contribution >= 4 is 0 Å². The van der Waals surface area contributed by atoms with Gasteiger partial charge >= 0.3 is 0 Å². The zero-order valence-corrected chi connectivity index (χ0v) is 9.44. The first-order chi connectivity index (χ1) is 7.85. The van der Waals surface area contributed by atoms with Gasteiger partial charge in [-0.25, -0.2) is 5.90 Å². The van der Waals surface area contributed by atoms with Crippen LogP contribution in [0.5, 0.6) is 5.75 Å². The Labute approximate surface area is 95.2 Å². The Morgan fingerprint density at radius 3 is 3.00 bits per heavy atom. The van der Waals surface area contributed by atoms with Crippen molar-refractivity contribution in [3.8, 4) is 5.75 Å². The van der Waals surface area contributed by atoms with E-state index in [-0.39, 0.29) is 0 Å². The molecule has 16 heavy (non-hydrogen) atoms. The van der Waals surface area contributed by atoms with E-state index in [1.807, 2.05) is 6.07 Å². The lowest BCUT2D eigenvalue weighted by atomic mass is 9.96. The summed E-state index contributed by atoms with van der Waals surface area (Å²) in [4.78, 5) is 4.68. The number of nitrogens with two attached hydrogens (primary N) is 1. The molecule has 4 nitrogen and oxygen atoms in total. The summed E-state index contributed by atoms with van der Waals surface area (Å²) in [6.07, 6.45) is 1.08. The van der Waals surface area contributed by atoms with E-state index in [4.69, 9.17) is 15.4 Å². The van der Waals surface area contributed by atoms with Crippen molar-refractivity contribution in [3.63, 3.8) is 0 Å². The van der Waals surface area contributed by atoms with Gasteiger partial charge in [0.05, 0.1) is 20.3 Å². The minimum Gasteiger partial charge on any atom is -0.496 e. The van der Waals surface area contributed by atoms with Crippen LogP contribution in [-0.4, -0.2) is 20.3 Å². The molecule has 1 aliphatic heterocycles. The number of hydrogen-bond acceptors (Lipinski definition) is 4. The molecule has 1 aliphatic rings. The lowest BCUT2D eigenvalue weighted by Crippen LogP contribution is -2.04. The summed E-state index contributed by atoms with van der Waals surface area (Å²) in [5.41, 5.74) is 2.25. The van der Waals surface area contributed by atoms with E-state index in [2.05, 4.69) is 17.0 Å². The summed E-state index contributed by atoms with van der Waals surface area (Å²) in [6, 6.07) is 6.13. The summed E-state index contributed by atoms with van der Waals surface area (Å²) in [6.45, 7) is 2.01. The molecule has 2 N–H and O–H groups in total. The van der Waals surface area contributed by atoms with Gasteiger partial charge in [0.2, 0.25) is 0 Å². The maximum Gasteiger partial charge on any atom is 0.124 e. The zero-order valence-electron chi connectivity index (χ0n) is 9.44. The molecule has 88 valence electrons. The maximum absolute atomic E-state index is 5.38. The third-order valence-electron chi connectivity index (χ3n) is 2.94. The number of ether oxygens (including phenoxy) is 2. The Morgan fingerprint density at radius 2 is 2.38 bits per heavy atom. The van der Waals surface area contributed by atoms with Crippen molar-refractivity contribution in [3.05, 3.63) is 29.3 Å². The molecule has 2 rings (SSSR count). The Kier molecular flexibility index (Phi) is 3.77. The van der Waals surface area contributed by atoms with Crippen molar-refractivity contribution in [2.45, 2.75) is 18.9 Å². The van der Waals surface area contributed by atoms with Gasteiger partial charge in [0.15, 0.2) is 0 Å². The first-order valence-corrected chi connectivity index (χ1v) is 5.41. The summed E-state index contributed by atoms with van der Waals surface area (Å²) in [5.74, 6) is 6.41. The fourth-order valence-corrected chi connectivity index (χ4v) is 2.05. The van der Waals surface area contributed by atoms with E-state index >= 15 is 0 Å². The van der Waals surface area contributed by atoms with Crippen molar-refractivity contribution in [2.24, 2.45) is 5.90 Å². The van der Waals surface area contributed by atoms with Gasteiger partial charge in [0.1, 0.15) is 5.75 Å². The predicted octanol–water partition coefficient (Wildman–Crippen LogP) is 1.59. The van der Waals surface area contributed by atoms with Crippen molar-refractivity contribution in [1.29, 1.82) is 0 Å². The summed E-state index contributed by atoms with van der Waals surface area (Å²) >= 11 is 0. The number of methoxy groups -OCH3 is 1. The number of benzene rings is 1. The molecule has 0 radical (unpaired) electrons. The molecule has 0 aromatic heterocycles. The first-order valence-electron chi connectivity index (χ1n) is 5.41. The maximum atomic E-state index is 5.38. The molecular weight excluding hydrogens is 206 g/mol. The average Bonchev–Trinajstić information content (AvgIpc) is 2.83. The van der Waals surface area contributed by atoms with Crippen molar-refractivity contribution in [1.82, 2.24) is 0 Å². The Morgan fingerprint density at radius 1 is 1.50 bits per heavy atom. The van der Waals surface area contributed by atoms with E-state index in [0.29, 0.717) is 12.5 Å². The van der Waals surface area contributed by atoms with Gasteiger partial charge in [-0.15, -0.1) is 0 Å². The second kappa shape index (κ2) is 5.30. The lowest BCUT2D eigenvalue weighted by Gasteiger charge is -2.13. The van der Waals surface area contributed by atoms with E-state index < -0.39 is 0 Å². The van der Waals surface area contributed by atoms with Crippen LogP contribution in [0.1, 0.15) is 23.5 Å². The molecule has 0 bridgehead atoms. The fourth-order valence-electron chi connectivity index (χ4n) is 2.05. The molecule has 1 fully saturated rings. The van der Waals surface area contributed by atoms with Crippen LogP contribution in [0.2, 0.25) is 0 Å². The lowest BCUT2D eigenvalue weighted by molar-refractivity contribution is 0.122. The SMILES string of the molecule is COc1ccc(C2CCOC2)cc1CON. The number of rotatable bonds is 4. The van der Waals surface area contributed by atoms with Gasteiger partial charge in [-0.1, -0.05) is 6.07 Å². The fraction of sp³-hybridized carbons (Fsp3) is 0.500. The van der Waals surface area contributed by atoms with E-state index in [1.165, 1.54) is 5.56 Å². The predicted molar refractivity (Wildman–Crippen MR) is 60.1 cm³/mol. The summed E-state index contributed by atoms with van der Waals surface area (Å²) < 4.78 is 10.6. The standard InChI is InChI=1S/C12H17NO3/c1-14-12-3-2-9(6-11(12)8-16-13)10-4-5-15-7-10/h2-3,6,10H,4-5,7-8,13H2,1H3. The molecular formula is C12H17NO3. The van der Waals surface area contributed by atoms with Gasteiger partial charge in [-0.2, -0.15) is 0 Å².